The number of para-hydroxylation sites is 1. The van der Waals surface area contributed by atoms with Gasteiger partial charge in [0.2, 0.25) is 0 Å². The van der Waals surface area contributed by atoms with E-state index >= 15 is 0 Å². The summed E-state index contributed by atoms with van der Waals surface area (Å²) in [6.07, 6.45) is 0. The zero-order valence-corrected chi connectivity index (χ0v) is 18.0. The fourth-order valence-corrected chi connectivity index (χ4v) is 4.56. The number of hydrogen-bond acceptors (Lipinski definition) is 3. The molecule has 0 amide bonds. The van der Waals surface area contributed by atoms with Crippen molar-refractivity contribution in [1.82, 2.24) is 0 Å². The monoisotopic (exact) mass is 441 g/mol. The summed E-state index contributed by atoms with van der Waals surface area (Å²) in [4.78, 5) is 11.2. The molecule has 4 rings (SSSR count). The van der Waals surface area contributed by atoms with Crippen molar-refractivity contribution in [2.24, 2.45) is 0 Å². The predicted molar refractivity (Wildman–Crippen MR) is 125 cm³/mol. The Labute approximate surface area is 186 Å². The van der Waals surface area contributed by atoms with Gasteiger partial charge in [0, 0.05) is 18.2 Å². The zero-order valence-electron chi connectivity index (χ0n) is 17.2. The van der Waals surface area contributed by atoms with E-state index < -0.39 is 16.0 Å². The van der Waals surface area contributed by atoms with Gasteiger partial charge in [-0.05, 0) is 59.3 Å². The van der Waals surface area contributed by atoms with Gasteiger partial charge < -0.3 is 5.11 Å². The summed E-state index contributed by atoms with van der Waals surface area (Å²) in [5, 5.41) is 10.8. The standard InChI is InChI=1S/C26H19NO4S/c1-27(32(30,31)24-17-16-20-6-2-3-8-23(20)18-24)25-9-5-4-7-21(25)13-10-19-11-14-22(15-12-19)26(28)29/h2-9,11-12,14-18H,1H3,(H,28,29). The maximum absolute atomic E-state index is 13.3. The Morgan fingerprint density at radius 2 is 1.47 bits per heavy atom. The van der Waals surface area contributed by atoms with E-state index in [1.807, 2.05) is 24.3 Å². The van der Waals surface area contributed by atoms with Gasteiger partial charge in [-0.25, -0.2) is 13.2 Å². The normalized spacial score (nSPS) is 10.9. The third kappa shape index (κ3) is 4.20. The van der Waals surface area contributed by atoms with Crippen molar-refractivity contribution in [3.63, 3.8) is 0 Å². The van der Waals surface area contributed by atoms with E-state index in [4.69, 9.17) is 5.11 Å². The van der Waals surface area contributed by atoms with Crippen LogP contribution in [0.25, 0.3) is 10.8 Å². The Balaban J connectivity index is 1.69. The van der Waals surface area contributed by atoms with Gasteiger partial charge in [-0.15, -0.1) is 0 Å². The lowest BCUT2D eigenvalue weighted by Crippen LogP contribution is -2.27. The second-order valence-electron chi connectivity index (χ2n) is 7.13. The highest BCUT2D eigenvalue weighted by molar-refractivity contribution is 7.92. The number of nitrogens with zero attached hydrogens (tertiary/aromatic N) is 1. The van der Waals surface area contributed by atoms with E-state index in [0.29, 0.717) is 16.8 Å². The summed E-state index contributed by atoms with van der Waals surface area (Å²) in [5.41, 5.74) is 1.80. The Morgan fingerprint density at radius 3 is 2.19 bits per heavy atom. The molecular formula is C26H19NO4S. The molecule has 0 saturated carbocycles. The van der Waals surface area contributed by atoms with Crippen molar-refractivity contribution in [3.8, 4) is 11.8 Å². The van der Waals surface area contributed by atoms with E-state index in [1.165, 1.54) is 23.5 Å². The molecule has 5 nitrogen and oxygen atoms in total. The Kier molecular flexibility index (Phi) is 5.67. The van der Waals surface area contributed by atoms with Gasteiger partial charge >= 0.3 is 5.97 Å². The third-order valence-electron chi connectivity index (χ3n) is 5.10. The Morgan fingerprint density at radius 1 is 0.812 bits per heavy atom. The first-order valence-corrected chi connectivity index (χ1v) is 11.2. The van der Waals surface area contributed by atoms with Crippen LogP contribution < -0.4 is 4.31 Å². The van der Waals surface area contributed by atoms with Gasteiger partial charge in [0.1, 0.15) is 0 Å². The summed E-state index contributed by atoms with van der Waals surface area (Å²) in [6, 6.07) is 25.9. The molecule has 0 aliphatic rings. The fourth-order valence-electron chi connectivity index (χ4n) is 3.31. The lowest BCUT2D eigenvalue weighted by molar-refractivity contribution is 0.0697. The minimum absolute atomic E-state index is 0.178. The lowest BCUT2D eigenvalue weighted by Gasteiger charge is -2.21. The number of anilines is 1. The molecule has 0 fully saturated rings. The number of sulfonamides is 1. The molecular weight excluding hydrogens is 422 g/mol. The smallest absolute Gasteiger partial charge is 0.335 e. The van der Waals surface area contributed by atoms with Crippen molar-refractivity contribution < 1.29 is 18.3 Å². The van der Waals surface area contributed by atoms with Crippen molar-refractivity contribution in [1.29, 1.82) is 0 Å². The van der Waals surface area contributed by atoms with Crippen molar-refractivity contribution in [3.05, 3.63) is 108 Å². The average molecular weight is 442 g/mol. The molecule has 4 aromatic rings. The van der Waals surface area contributed by atoms with Crippen LogP contribution in [0.2, 0.25) is 0 Å². The van der Waals surface area contributed by atoms with E-state index in [-0.39, 0.29) is 10.5 Å². The maximum atomic E-state index is 13.3. The van der Waals surface area contributed by atoms with Crippen molar-refractivity contribution in [2.75, 3.05) is 11.4 Å². The molecule has 0 radical (unpaired) electrons. The third-order valence-corrected chi connectivity index (χ3v) is 6.86. The van der Waals surface area contributed by atoms with Crippen LogP contribution in [0.1, 0.15) is 21.5 Å². The second-order valence-corrected chi connectivity index (χ2v) is 9.10. The van der Waals surface area contributed by atoms with Crippen LogP contribution in [0.5, 0.6) is 0 Å². The van der Waals surface area contributed by atoms with Crippen LogP contribution in [-0.2, 0) is 10.0 Å². The van der Waals surface area contributed by atoms with Crippen molar-refractivity contribution in [2.45, 2.75) is 4.90 Å². The largest absolute Gasteiger partial charge is 0.478 e. The number of fused-ring (bicyclic) bond motifs is 1. The summed E-state index contributed by atoms with van der Waals surface area (Å²) in [6.45, 7) is 0. The first-order chi connectivity index (χ1) is 15.4. The maximum Gasteiger partial charge on any atom is 0.335 e. The number of carboxylic acids is 1. The number of carbonyl (C=O) groups is 1. The quantitative estimate of drug-likeness (QED) is 0.463. The summed E-state index contributed by atoms with van der Waals surface area (Å²) in [7, 11) is -2.30. The minimum Gasteiger partial charge on any atom is -0.478 e. The molecule has 32 heavy (non-hydrogen) atoms. The molecule has 0 aliphatic heterocycles. The van der Waals surface area contributed by atoms with E-state index in [9.17, 15) is 13.2 Å². The number of rotatable bonds is 4. The molecule has 6 heteroatoms. The topological polar surface area (TPSA) is 74.7 Å². The number of carboxylic acid groups (broad SMARTS) is 1. The van der Waals surface area contributed by atoms with E-state index in [1.54, 1.807) is 54.6 Å². The first-order valence-electron chi connectivity index (χ1n) is 9.78. The molecule has 0 aliphatic carbocycles. The molecule has 158 valence electrons. The van der Waals surface area contributed by atoms with Crippen LogP contribution in [0, 0.1) is 11.8 Å². The highest BCUT2D eigenvalue weighted by atomic mass is 32.2. The lowest BCUT2D eigenvalue weighted by atomic mass is 10.1. The molecule has 0 aromatic heterocycles. The number of aromatic carboxylic acids is 1. The van der Waals surface area contributed by atoms with Gasteiger partial charge in [0.15, 0.2) is 0 Å². The van der Waals surface area contributed by atoms with Crippen LogP contribution in [0.3, 0.4) is 0 Å². The van der Waals surface area contributed by atoms with Gasteiger partial charge in [0.05, 0.1) is 16.1 Å². The zero-order chi connectivity index (χ0) is 22.7. The van der Waals surface area contributed by atoms with E-state index in [2.05, 4.69) is 11.8 Å². The molecule has 0 saturated heterocycles. The fraction of sp³-hybridized carbons (Fsp3) is 0.0385. The summed E-state index contributed by atoms with van der Waals surface area (Å²) < 4.78 is 27.9. The second kappa shape index (κ2) is 8.58. The van der Waals surface area contributed by atoms with Crippen LogP contribution in [0.4, 0.5) is 5.69 Å². The highest BCUT2D eigenvalue weighted by Gasteiger charge is 2.23. The van der Waals surface area contributed by atoms with Crippen LogP contribution in [0.15, 0.2) is 95.9 Å². The van der Waals surface area contributed by atoms with Crippen molar-refractivity contribution >= 4 is 32.5 Å². The SMILES string of the molecule is CN(c1ccccc1C#Cc1ccc(C(=O)O)cc1)S(=O)(=O)c1ccc2ccccc2c1. The molecule has 0 heterocycles. The highest BCUT2D eigenvalue weighted by Crippen LogP contribution is 2.27. The molecule has 0 bridgehead atoms. The number of hydrogen-bond donors (Lipinski definition) is 1. The van der Waals surface area contributed by atoms with Crippen LogP contribution >= 0.6 is 0 Å². The van der Waals surface area contributed by atoms with E-state index in [0.717, 1.165) is 10.8 Å². The van der Waals surface area contributed by atoms with Gasteiger partial charge in [0.25, 0.3) is 10.0 Å². The molecule has 0 atom stereocenters. The molecule has 1 N–H and O–H groups in total. The minimum atomic E-state index is -3.80. The first kappa shape index (κ1) is 21.2. The van der Waals surface area contributed by atoms with Gasteiger partial charge in [-0.1, -0.05) is 54.3 Å². The Bertz CT molecular complexity index is 1480. The molecule has 0 spiro atoms. The summed E-state index contributed by atoms with van der Waals surface area (Å²) in [5.74, 6) is 4.98. The van der Waals surface area contributed by atoms with Gasteiger partial charge in [-0.3, -0.25) is 4.31 Å². The summed E-state index contributed by atoms with van der Waals surface area (Å²) >= 11 is 0. The Hall–Kier alpha value is -4.08. The van der Waals surface area contributed by atoms with Gasteiger partial charge in [-0.2, -0.15) is 0 Å². The average Bonchev–Trinajstić information content (AvgIpc) is 2.82. The number of benzene rings is 4. The van der Waals surface area contributed by atoms with Crippen LogP contribution in [-0.4, -0.2) is 26.5 Å². The molecule has 4 aromatic carbocycles. The molecule has 0 unspecified atom stereocenters. The predicted octanol–water partition coefficient (Wildman–Crippen LogP) is 4.76.